The largest absolute Gasteiger partial charge is 0.496 e. The molecule has 0 fully saturated rings. The van der Waals surface area contributed by atoms with Crippen LogP contribution < -0.4 is 15.8 Å². The van der Waals surface area contributed by atoms with Gasteiger partial charge in [0, 0.05) is 16.6 Å². The fourth-order valence-electron chi connectivity index (χ4n) is 1.73. The van der Waals surface area contributed by atoms with Crippen molar-refractivity contribution in [1.82, 2.24) is 5.32 Å². The van der Waals surface area contributed by atoms with Crippen LogP contribution in [-0.4, -0.2) is 25.3 Å². The maximum atomic E-state index is 11.9. The highest BCUT2D eigenvalue weighted by atomic mass is 79.9. The molecule has 0 heterocycles. The first-order chi connectivity index (χ1) is 9.28. The summed E-state index contributed by atoms with van der Waals surface area (Å²) >= 11 is 3.45. The number of carbonyl (C=O) groups excluding carboxylic acids is 1. The molecule has 0 radical (unpaired) electrons. The lowest BCUT2D eigenvalue weighted by molar-refractivity contribution is 0.0504. The number of ether oxygens (including phenoxy) is 2. The van der Waals surface area contributed by atoms with Crippen molar-refractivity contribution in [3.63, 3.8) is 0 Å². The van der Waals surface area contributed by atoms with Crippen LogP contribution in [-0.2, 0) is 4.74 Å². The molecule has 6 heteroatoms. The second-order valence-electron chi connectivity index (χ2n) is 5.29. The first-order valence-corrected chi connectivity index (χ1v) is 7.09. The van der Waals surface area contributed by atoms with E-state index >= 15 is 0 Å². The van der Waals surface area contributed by atoms with Crippen molar-refractivity contribution < 1.29 is 14.3 Å². The van der Waals surface area contributed by atoms with Crippen molar-refractivity contribution in [3.8, 4) is 5.75 Å². The maximum Gasteiger partial charge on any atom is 0.408 e. The van der Waals surface area contributed by atoms with E-state index < -0.39 is 17.7 Å². The van der Waals surface area contributed by atoms with E-state index in [1.54, 1.807) is 7.11 Å². The molecular formula is C14H21BrN2O3. The van der Waals surface area contributed by atoms with E-state index in [9.17, 15) is 4.79 Å². The van der Waals surface area contributed by atoms with Gasteiger partial charge in [0.1, 0.15) is 11.4 Å². The Kier molecular flexibility index (Phi) is 5.83. The number of alkyl carbamates (subject to hydrolysis) is 1. The lowest BCUT2D eigenvalue weighted by Gasteiger charge is -2.24. The topological polar surface area (TPSA) is 73.6 Å². The van der Waals surface area contributed by atoms with Crippen LogP contribution in [0.25, 0.3) is 0 Å². The van der Waals surface area contributed by atoms with Gasteiger partial charge in [-0.3, -0.25) is 0 Å². The highest BCUT2D eigenvalue weighted by Gasteiger charge is 2.23. The zero-order chi connectivity index (χ0) is 15.3. The molecule has 0 bridgehead atoms. The van der Waals surface area contributed by atoms with Gasteiger partial charge in [-0.05, 0) is 32.9 Å². The zero-order valence-electron chi connectivity index (χ0n) is 12.2. The van der Waals surface area contributed by atoms with Crippen LogP contribution in [0.5, 0.6) is 5.75 Å². The second-order valence-corrected chi connectivity index (χ2v) is 6.14. The molecule has 1 aromatic carbocycles. The Hall–Kier alpha value is -1.27. The van der Waals surface area contributed by atoms with E-state index in [1.807, 2.05) is 39.0 Å². The third-order valence-electron chi connectivity index (χ3n) is 2.51. The average Bonchev–Trinajstić information content (AvgIpc) is 2.33. The van der Waals surface area contributed by atoms with Crippen LogP contribution >= 0.6 is 15.9 Å². The van der Waals surface area contributed by atoms with Crippen molar-refractivity contribution in [2.45, 2.75) is 32.4 Å². The van der Waals surface area contributed by atoms with Crippen molar-refractivity contribution in [3.05, 3.63) is 28.2 Å². The summed E-state index contributed by atoms with van der Waals surface area (Å²) in [6.45, 7) is 5.66. The number of nitrogens with one attached hydrogen (secondary N) is 1. The molecule has 1 aromatic rings. The van der Waals surface area contributed by atoms with Crippen LogP contribution in [0.15, 0.2) is 22.7 Å². The van der Waals surface area contributed by atoms with Gasteiger partial charge in [-0.2, -0.15) is 0 Å². The first-order valence-electron chi connectivity index (χ1n) is 6.30. The van der Waals surface area contributed by atoms with Gasteiger partial charge in [-0.25, -0.2) is 4.79 Å². The summed E-state index contributed by atoms with van der Waals surface area (Å²) in [5, 5.41) is 2.76. The summed E-state index contributed by atoms with van der Waals surface area (Å²) in [4.78, 5) is 11.9. The minimum Gasteiger partial charge on any atom is -0.496 e. The van der Waals surface area contributed by atoms with Gasteiger partial charge >= 0.3 is 6.09 Å². The summed E-state index contributed by atoms with van der Waals surface area (Å²) in [7, 11) is 1.58. The van der Waals surface area contributed by atoms with Gasteiger partial charge in [0.25, 0.3) is 0 Å². The molecule has 3 N–H and O–H groups in total. The number of hydrogen-bond acceptors (Lipinski definition) is 4. The molecule has 0 aromatic heterocycles. The Morgan fingerprint density at radius 2 is 2.10 bits per heavy atom. The molecule has 20 heavy (non-hydrogen) atoms. The van der Waals surface area contributed by atoms with Gasteiger partial charge in [-0.1, -0.05) is 22.0 Å². The van der Waals surface area contributed by atoms with E-state index in [2.05, 4.69) is 21.2 Å². The summed E-state index contributed by atoms with van der Waals surface area (Å²) in [5.41, 5.74) is 6.00. The third kappa shape index (κ3) is 4.68. The Balaban J connectivity index is 2.94. The van der Waals surface area contributed by atoms with Crippen LogP contribution in [0.1, 0.15) is 32.4 Å². The second kappa shape index (κ2) is 6.95. The average molecular weight is 345 g/mol. The Morgan fingerprint density at radius 1 is 1.45 bits per heavy atom. The molecule has 0 saturated heterocycles. The molecule has 5 nitrogen and oxygen atoms in total. The normalized spacial score (nSPS) is 12.7. The number of hydrogen-bond donors (Lipinski definition) is 2. The number of methoxy groups -OCH3 is 1. The van der Waals surface area contributed by atoms with Crippen LogP contribution in [0.3, 0.4) is 0 Å². The predicted octanol–water partition coefficient (Wildman–Crippen LogP) is 2.98. The van der Waals surface area contributed by atoms with Crippen molar-refractivity contribution in [2.75, 3.05) is 13.7 Å². The number of rotatable bonds is 4. The molecule has 0 spiro atoms. The molecule has 0 aliphatic heterocycles. The van der Waals surface area contributed by atoms with Crippen LogP contribution in [0.2, 0.25) is 0 Å². The molecule has 0 aliphatic rings. The maximum absolute atomic E-state index is 11.9. The van der Waals surface area contributed by atoms with Gasteiger partial charge in [0.15, 0.2) is 0 Å². The molecule has 1 amide bonds. The fraction of sp³-hybridized carbons (Fsp3) is 0.500. The Bertz CT molecular complexity index is 472. The number of carbonyl (C=O) groups is 1. The predicted molar refractivity (Wildman–Crippen MR) is 81.9 cm³/mol. The SMILES string of the molecule is COc1cccc(Br)c1C(CN)NC(=O)OC(C)(C)C. The monoisotopic (exact) mass is 344 g/mol. The minimum atomic E-state index is -0.554. The summed E-state index contributed by atoms with van der Waals surface area (Å²) < 4.78 is 11.4. The van der Waals surface area contributed by atoms with Gasteiger partial charge in [0.2, 0.25) is 0 Å². The van der Waals surface area contributed by atoms with Crippen molar-refractivity contribution in [2.24, 2.45) is 5.73 Å². The first kappa shape index (κ1) is 16.8. The summed E-state index contributed by atoms with van der Waals surface area (Å²) in [5.74, 6) is 0.658. The van der Waals surface area contributed by atoms with E-state index in [-0.39, 0.29) is 6.54 Å². The minimum absolute atomic E-state index is 0.234. The fourth-order valence-corrected chi connectivity index (χ4v) is 2.36. The van der Waals surface area contributed by atoms with Crippen molar-refractivity contribution in [1.29, 1.82) is 0 Å². The highest BCUT2D eigenvalue weighted by Crippen LogP contribution is 2.32. The number of amides is 1. The number of nitrogens with two attached hydrogens (primary N) is 1. The Morgan fingerprint density at radius 3 is 2.60 bits per heavy atom. The Labute approximate surface area is 127 Å². The van der Waals surface area contributed by atoms with Gasteiger partial charge in [0.05, 0.1) is 13.2 Å². The number of benzene rings is 1. The molecule has 1 unspecified atom stereocenters. The smallest absolute Gasteiger partial charge is 0.408 e. The van der Waals surface area contributed by atoms with E-state index in [0.29, 0.717) is 5.75 Å². The third-order valence-corrected chi connectivity index (χ3v) is 3.20. The lowest BCUT2D eigenvalue weighted by Crippen LogP contribution is -2.38. The van der Waals surface area contributed by atoms with Crippen molar-refractivity contribution >= 4 is 22.0 Å². The summed E-state index contributed by atoms with van der Waals surface area (Å²) in [6, 6.07) is 5.15. The van der Waals surface area contributed by atoms with Gasteiger partial charge < -0.3 is 20.5 Å². The molecule has 1 rings (SSSR count). The molecule has 1 atom stereocenters. The lowest BCUT2D eigenvalue weighted by atomic mass is 10.1. The number of halogens is 1. The van der Waals surface area contributed by atoms with Crippen LogP contribution in [0.4, 0.5) is 4.79 Å². The standard InChI is InChI=1S/C14H21BrN2O3/c1-14(2,3)20-13(18)17-10(8-16)12-9(15)6-5-7-11(12)19-4/h5-7,10H,8,16H2,1-4H3,(H,17,18). The molecule has 0 saturated carbocycles. The van der Waals surface area contributed by atoms with Crippen LogP contribution in [0, 0.1) is 0 Å². The molecular weight excluding hydrogens is 324 g/mol. The van der Waals surface area contributed by atoms with E-state index in [4.69, 9.17) is 15.2 Å². The molecule has 112 valence electrons. The quantitative estimate of drug-likeness (QED) is 0.880. The van der Waals surface area contributed by atoms with Gasteiger partial charge in [-0.15, -0.1) is 0 Å². The zero-order valence-corrected chi connectivity index (χ0v) is 13.8. The molecule has 0 aliphatic carbocycles. The van der Waals surface area contributed by atoms with E-state index in [1.165, 1.54) is 0 Å². The summed E-state index contributed by atoms with van der Waals surface area (Å²) in [6.07, 6.45) is -0.509. The van der Waals surface area contributed by atoms with E-state index in [0.717, 1.165) is 10.0 Å². The highest BCUT2D eigenvalue weighted by molar-refractivity contribution is 9.10.